The number of fused-ring (bicyclic) bond motifs is 1. The van der Waals surface area contributed by atoms with Gasteiger partial charge in [0, 0.05) is 16.1 Å². The predicted molar refractivity (Wildman–Crippen MR) is 88.3 cm³/mol. The number of benzene rings is 3. The zero-order valence-electron chi connectivity index (χ0n) is 12.0. The number of aryl methyl sites for hydroxylation is 2. The van der Waals surface area contributed by atoms with Crippen molar-refractivity contribution < 1.29 is 4.79 Å². The molecule has 104 valence electrons. The highest BCUT2D eigenvalue weighted by Crippen LogP contribution is 2.25. The Morgan fingerprint density at radius 3 is 2.33 bits per heavy atom. The molecule has 1 nitrogen and oxygen atoms in total. The van der Waals surface area contributed by atoms with Crippen LogP contribution in [0.1, 0.15) is 27.0 Å². The van der Waals surface area contributed by atoms with Crippen LogP contribution in [-0.4, -0.2) is 5.78 Å². The van der Waals surface area contributed by atoms with E-state index in [1.165, 1.54) is 5.56 Å². The summed E-state index contributed by atoms with van der Waals surface area (Å²) in [5.74, 6) is 0.0109. The molecule has 0 amide bonds. The molecule has 3 aromatic carbocycles. The maximum Gasteiger partial charge on any atom is 0.193 e. The van der Waals surface area contributed by atoms with Gasteiger partial charge in [0.2, 0.25) is 0 Å². The molecule has 0 heterocycles. The molecule has 0 aliphatic rings. The van der Waals surface area contributed by atoms with E-state index in [-0.39, 0.29) is 5.78 Å². The summed E-state index contributed by atoms with van der Waals surface area (Å²) in [7, 11) is 0. The largest absolute Gasteiger partial charge is 0.289 e. The minimum atomic E-state index is 0.0109. The molecule has 0 aliphatic heterocycles. The van der Waals surface area contributed by atoms with Crippen molar-refractivity contribution in [2.45, 2.75) is 13.8 Å². The molecular formula is C19H15ClO. The molecule has 3 aromatic rings. The van der Waals surface area contributed by atoms with Crippen LogP contribution in [0.15, 0.2) is 54.6 Å². The highest BCUT2D eigenvalue weighted by atomic mass is 35.5. The van der Waals surface area contributed by atoms with E-state index in [2.05, 4.69) is 6.92 Å². The number of hydrogen-bond acceptors (Lipinski definition) is 1. The molecule has 0 fully saturated rings. The van der Waals surface area contributed by atoms with Gasteiger partial charge < -0.3 is 0 Å². The molecule has 0 spiro atoms. The molecule has 0 saturated heterocycles. The molecule has 2 heteroatoms. The van der Waals surface area contributed by atoms with E-state index in [9.17, 15) is 4.79 Å². The second-order valence-corrected chi connectivity index (χ2v) is 5.76. The summed E-state index contributed by atoms with van der Waals surface area (Å²) in [5, 5.41) is 2.69. The van der Waals surface area contributed by atoms with Crippen LogP contribution in [0, 0.1) is 13.8 Å². The Labute approximate surface area is 129 Å². The summed E-state index contributed by atoms with van der Waals surface area (Å²) in [4.78, 5) is 12.8. The van der Waals surface area contributed by atoms with Gasteiger partial charge in [-0.25, -0.2) is 0 Å². The van der Waals surface area contributed by atoms with Crippen molar-refractivity contribution in [3.63, 3.8) is 0 Å². The first kappa shape index (κ1) is 13.8. The molecule has 0 bridgehead atoms. The predicted octanol–water partition coefficient (Wildman–Crippen LogP) is 5.34. The fourth-order valence-corrected chi connectivity index (χ4v) is 2.96. The maximum absolute atomic E-state index is 12.8. The van der Waals surface area contributed by atoms with Crippen molar-refractivity contribution in [2.24, 2.45) is 0 Å². The SMILES string of the molecule is Cc1cc(Cl)cc(C(=O)c2ccc(C)c3ccccc23)c1. The average Bonchev–Trinajstić information content (AvgIpc) is 2.46. The van der Waals surface area contributed by atoms with Crippen molar-refractivity contribution in [1.82, 2.24) is 0 Å². The Kier molecular flexibility index (Phi) is 3.52. The summed E-state index contributed by atoms with van der Waals surface area (Å²) in [6.45, 7) is 4.00. The number of hydrogen-bond donors (Lipinski definition) is 0. The van der Waals surface area contributed by atoms with Crippen molar-refractivity contribution in [2.75, 3.05) is 0 Å². The minimum Gasteiger partial charge on any atom is -0.289 e. The van der Waals surface area contributed by atoms with Gasteiger partial charge in [-0.1, -0.05) is 48.0 Å². The molecule has 0 unspecified atom stereocenters. The zero-order chi connectivity index (χ0) is 15.0. The lowest BCUT2D eigenvalue weighted by Gasteiger charge is -2.09. The Hall–Kier alpha value is -2.12. The molecular weight excluding hydrogens is 280 g/mol. The summed E-state index contributed by atoms with van der Waals surface area (Å²) in [6, 6.07) is 17.3. The van der Waals surface area contributed by atoms with Gasteiger partial charge in [0.25, 0.3) is 0 Å². The smallest absolute Gasteiger partial charge is 0.193 e. The topological polar surface area (TPSA) is 17.1 Å². The summed E-state index contributed by atoms with van der Waals surface area (Å²) in [6.07, 6.45) is 0. The van der Waals surface area contributed by atoms with Gasteiger partial charge in [-0.3, -0.25) is 4.79 Å². The van der Waals surface area contributed by atoms with Crippen LogP contribution in [0.4, 0.5) is 0 Å². The number of carbonyl (C=O) groups excluding carboxylic acids is 1. The number of ketones is 1. The second-order valence-electron chi connectivity index (χ2n) is 5.32. The standard InChI is InChI=1S/C19H15ClO/c1-12-9-14(11-15(20)10-12)19(21)18-8-7-13(2)16-5-3-4-6-17(16)18/h3-11H,1-2H3. The minimum absolute atomic E-state index is 0.0109. The summed E-state index contributed by atoms with van der Waals surface area (Å²) in [5.41, 5.74) is 3.51. The average molecular weight is 295 g/mol. The van der Waals surface area contributed by atoms with Crippen LogP contribution in [0.2, 0.25) is 5.02 Å². The molecule has 0 aliphatic carbocycles. The first-order valence-corrected chi connectivity index (χ1v) is 7.24. The van der Waals surface area contributed by atoms with E-state index < -0.39 is 0 Å². The third-order valence-corrected chi connectivity index (χ3v) is 3.91. The molecule has 0 saturated carbocycles. The number of carbonyl (C=O) groups is 1. The highest BCUT2D eigenvalue weighted by molar-refractivity contribution is 6.31. The Balaban J connectivity index is 2.20. The molecule has 3 rings (SSSR count). The molecule has 0 N–H and O–H groups in total. The normalized spacial score (nSPS) is 10.8. The lowest BCUT2D eigenvalue weighted by atomic mass is 9.94. The van der Waals surface area contributed by atoms with Crippen molar-refractivity contribution in [1.29, 1.82) is 0 Å². The van der Waals surface area contributed by atoms with Crippen LogP contribution in [0.25, 0.3) is 10.8 Å². The highest BCUT2D eigenvalue weighted by Gasteiger charge is 2.14. The van der Waals surface area contributed by atoms with Gasteiger partial charge in [0.1, 0.15) is 0 Å². The second kappa shape index (κ2) is 5.34. The number of rotatable bonds is 2. The first-order chi connectivity index (χ1) is 10.1. The van der Waals surface area contributed by atoms with E-state index >= 15 is 0 Å². The molecule has 0 aromatic heterocycles. The third kappa shape index (κ3) is 2.57. The monoisotopic (exact) mass is 294 g/mol. The Bertz CT molecular complexity index is 829. The molecule has 0 radical (unpaired) electrons. The van der Waals surface area contributed by atoms with E-state index in [4.69, 9.17) is 11.6 Å². The Morgan fingerprint density at radius 1 is 0.905 bits per heavy atom. The first-order valence-electron chi connectivity index (χ1n) is 6.86. The van der Waals surface area contributed by atoms with E-state index in [0.29, 0.717) is 10.6 Å². The van der Waals surface area contributed by atoms with Crippen LogP contribution >= 0.6 is 11.6 Å². The fourth-order valence-electron chi connectivity index (χ4n) is 2.67. The summed E-state index contributed by atoms with van der Waals surface area (Å²) < 4.78 is 0. The van der Waals surface area contributed by atoms with Gasteiger partial charge >= 0.3 is 0 Å². The van der Waals surface area contributed by atoms with Crippen molar-refractivity contribution in [3.8, 4) is 0 Å². The lowest BCUT2D eigenvalue weighted by molar-refractivity contribution is 0.104. The molecule has 0 atom stereocenters. The quantitative estimate of drug-likeness (QED) is 0.583. The van der Waals surface area contributed by atoms with Crippen molar-refractivity contribution >= 4 is 28.2 Å². The van der Waals surface area contributed by atoms with Crippen LogP contribution < -0.4 is 0 Å². The van der Waals surface area contributed by atoms with Gasteiger partial charge in [-0.05, 0) is 53.9 Å². The van der Waals surface area contributed by atoms with Gasteiger partial charge in [0.05, 0.1) is 0 Å². The Morgan fingerprint density at radius 2 is 1.62 bits per heavy atom. The van der Waals surface area contributed by atoms with Gasteiger partial charge in [-0.15, -0.1) is 0 Å². The van der Waals surface area contributed by atoms with E-state index in [1.807, 2.05) is 55.5 Å². The number of halogens is 1. The summed E-state index contributed by atoms with van der Waals surface area (Å²) >= 11 is 6.07. The zero-order valence-corrected chi connectivity index (χ0v) is 12.7. The van der Waals surface area contributed by atoms with Gasteiger partial charge in [-0.2, -0.15) is 0 Å². The fraction of sp³-hybridized carbons (Fsp3) is 0.105. The lowest BCUT2D eigenvalue weighted by Crippen LogP contribution is -2.03. The van der Waals surface area contributed by atoms with Gasteiger partial charge in [0.15, 0.2) is 5.78 Å². The van der Waals surface area contributed by atoms with E-state index in [1.54, 1.807) is 6.07 Å². The van der Waals surface area contributed by atoms with Crippen LogP contribution in [0.3, 0.4) is 0 Å². The van der Waals surface area contributed by atoms with E-state index in [0.717, 1.165) is 21.9 Å². The molecule has 21 heavy (non-hydrogen) atoms. The van der Waals surface area contributed by atoms with Crippen LogP contribution in [-0.2, 0) is 0 Å². The van der Waals surface area contributed by atoms with Crippen molar-refractivity contribution in [3.05, 3.63) is 81.9 Å². The third-order valence-electron chi connectivity index (χ3n) is 3.69. The van der Waals surface area contributed by atoms with Crippen LogP contribution in [0.5, 0.6) is 0 Å². The maximum atomic E-state index is 12.8.